The summed E-state index contributed by atoms with van der Waals surface area (Å²) in [5.41, 5.74) is 2.04. The number of amides is 2. The van der Waals surface area contributed by atoms with E-state index in [1.54, 1.807) is 36.7 Å². The molecule has 0 atom stereocenters. The molecule has 0 saturated heterocycles. The molecule has 0 fully saturated rings. The number of carbonyl (C=O) groups is 2. The predicted molar refractivity (Wildman–Crippen MR) is 76.4 cm³/mol. The Morgan fingerprint density at radius 2 is 1.95 bits per heavy atom. The van der Waals surface area contributed by atoms with Gasteiger partial charge in [0.25, 0.3) is 5.91 Å². The smallest absolute Gasteiger partial charge is 0.251 e. The van der Waals surface area contributed by atoms with Gasteiger partial charge in [0.05, 0.1) is 18.4 Å². The number of pyridine rings is 1. The van der Waals surface area contributed by atoms with Crippen LogP contribution in [0.5, 0.6) is 0 Å². The second-order valence-electron chi connectivity index (χ2n) is 4.29. The lowest BCUT2D eigenvalue weighted by molar-refractivity contribution is -0.115. The van der Waals surface area contributed by atoms with Gasteiger partial charge in [-0.15, -0.1) is 0 Å². The lowest BCUT2D eigenvalue weighted by atomic mass is 10.1. The first kappa shape index (κ1) is 13.7. The Kier molecular flexibility index (Phi) is 4.44. The molecule has 2 N–H and O–H groups in total. The Bertz CT molecular complexity index is 612. The van der Waals surface area contributed by atoms with E-state index in [4.69, 9.17) is 0 Å². The first-order valence-electron chi connectivity index (χ1n) is 6.20. The molecule has 0 saturated carbocycles. The number of nitrogens with zero attached hydrogens (tertiary/aromatic N) is 1. The maximum atomic E-state index is 11.9. The molecule has 2 aromatic rings. The van der Waals surface area contributed by atoms with E-state index in [-0.39, 0.29) is 18.4 Å². The fourth-order valence-corrected chi connectivity index (χ4v) is 1.73. The van der Waals surface area contributed by atoms with Gasteiger partial charge in [-0.25, -0.2) is 0 Å². The van der Waals surface area contributed by atoms with Crippen LogP contribution in [0.25, 0.3) is 0 Å². The molecular formula is C15H15N3O2. The molecule has 5 heteroatoms. The Labute approximate surface area is 117 Å². The first-order chi connectivity index (χ1) is 9.66. The van der Waals surface area contributed by atoms with E-state index < -0.39 is 0 Å². The minimum Gasteiger partial charge on any atom is -0.343 e. The quantitative estimate of drug-likeness (QED) is 0.888. The van der Waals surface area contributed by atoms with E-state index in [1.165, 1.54) is 0 Å². The van der Waals surface area contributed by atoms with Crippen LogP contribution in [0.2, 0.25) is 0 Å². The SMILES string of the molecule is Cc1ccccc1C(=O)NCC(=O)Nc1cccnc1. The topological polar surface area (TPSA) is 71.1 Å². The van der Waals surface area contributed by atoms with Gasteiger partial charge in [0, 0.05) is 11.8 Å². The fraction of sp³-hybridized carbons (Fsp3) is 0.133. The third kappa shape index (κ3) is 3.65. The molecule has 0 aliphatic heterocycles. The number of nitrogens with one attached hydrogen (secondary N) is 2. The van der Waals surface area contributed by atoms with Gasteiger partial charge in [-0.3, -0.25) is 14.6 Å². The molecule has 0 radical (unpaired) electrons. The maximum absolute atomic E-state index is 11.9. The lowest BCUT2D eigenvalue weighted by Gasteiger charge is -2.08. The van der Waals surface area contributed by atoms with Gasteiger partial charge in [0.2, 0.25) is 5.91 Å². The molecule has 0 bridgehead atoms. The summed E-state index contributed by atoms with van der Waals surface area (Å²) in [6, 6.07) is 10.7. The van der Waals surface area contributed by atoms with Crippen LogP contribution in [-0.2, 0) is 4.79 Å². The molecule has 20 heavy (non-hydrogen) atoms. The number of aryl methyl sites for hydroxylation is 1. The Balaban J connectivity index is 1.88. The van der Waals surface area contributed by atoms with E-state index in [2.05, 4.69) is 15.6 Å². The Morgan fingerprint density at radius 3 is 2.65 bits per heavy atom. The number of benzene rings is 1. The van der Waals surface area contributed by atoms with E-state index in [9.17, 15) is 9.59 Å². The van der Waals surface area contributed by atoms with Gasteiger partial charge < -0.3 is 10.6 Å². The van der Waals surface area contributed by atoms with Gasteiger partial charge in [-0.2, -0.15) is 0 Å². The summed E-state index contributed by atoms with van der Waals surface area (Å²) in [4.78, 5) is 27.5. The summed E-state index contributed by atoms with van der Waals surface area (Å²) >= 11 is 0. The lowest BCUT2D eigenvalue weighted by Crippen LogP contribution is -2.33. The van der Waals surface area contributed by atoms with Crippen molar-refractivity contribution in [3.63, 3.8) is 0 Å². The molecule has 0 aliphatic carbocycles. The summed E-state index contributed by atoms with van der Waals surface area (Å²) < 4.78 is 0. The van der Waals surface area contributed by atoms with E-state index in [1.807, 2.05) is 19.1 Å². The molecule has 1 aromatic carbocycles. The van der Waals surface area contributed by atoms with Crippen LogP contribution in [0, 0.1) is 6.92 Å². The van der Waals surface area contributed by atoms with E-state index in [0.29, 0.717) is 11.3 Å². The van der Waals surface area contributed by atoms with Crippen molar-refractivity contribution >= 4 is 17.5 Å². The zero-order valence-corrected chi connectivity index (χ0v) is 11.1. The fourth-order valence-electron chi connectivity index (χ4n) is 1.73. The monoisotopic (exact) mass is 269 g/mol. The summed E-state index contributed by atoms with van der Waals surface area (Å²) in [7, 11) is 0. The molecule has 1 heterocycles. The molecule has 0 unspecified atom stereocenters. The maximum Gasteiger partial charge on any atom is 0.251 e. The summed E-state index contributed by atoms with van der Waals surface area (Å²) in [6.45, 7) is 1.77. The average Bonchev–Trinajstić information content (AvgIpc) is 2.46. The van der Waals surface area contributed by atoms with E-state index in [0.717, 1.165) is 5.56 Å². The molecule has 1 aromatic heterocycles. The van der Waals surface area contributed by atoms with Crippen LogP contribution >= 0.6 is 0 Å². The third-order valence-electron chi connectivity index (χ3n) is 2.74. The normalized spacial score (nSPS) is 9.85. The standard InChI is InChI=1S/C15H15N3O2/c1-11-5-2-3-7-13(11)15(20)17-10-14(19)18-12-6-4-8-16-9-12/h2-9H,10H2,1H3,(H,17,20)(H,18,19). The number of hydrogen-bond donors (Lipinski definition) is 2. The van der Waals surface area contributed by atoms with Gasteiger partial charge in [0.15, 0.2) is 0 Å². The summed E-state index contributed by atoms with van der Waals surface area (Å²) in [6.07, 6.45) is 3.16. The van der Waals surface area contributed by atoms with E-state index >= 15 is 0 Å². The molecule has 2 rings (SSSR count). The molecule has 0 aliphatic rings. The third-order valence-corrected chi connectivity index (χ3v) is 2.74. The minimum absolute atomic E-state index is 0.0813. The van der Waals surface area contributed by atoms with Crippen molar-refractivity contribution in [2.24, 2.45) is 0 Å². The van der Waals surface area contributed by atoms with Crippen molar-refractivity contribution in [3.05, 3.63) is 59.9 Å². The molecule has 0 spiro atoms. The highest BCUT2D eigenvalue weighted by atomic mass is 16.2. The van der Waals surface area contributed by atoms with Gasteiger partial charge in [-0.05, 0) is 30.7 Å². The number of aromatic nitrogens is 1. The highest BCUT2D eigenvalue weighted by Crippen LogP contribution is 2.06. The second kappa shape index (κ2) is 6.47. The summed E-state index contributed by atoms with van der Waals surface area (Å²) in [5, 5.41) is 5.24. The van der Waals surface area contributed by atoms with Gasteiger partial charge in [-0.1, -0.05) is 18.2 Å². The van der Waals surface area contributed by atoms with Crippen LogP contribution in [-0.4, -0.2) is 23.3 Å². The minimum atomic E-state index is -0.292. The van der Waals surface area contributed by atoms with Gasteiger partial charge in [0.1, 0.15) is 0 Å². The van der Waals surface area contributed by atoms with Crippen molar-refractivity contribution < 1.29 is 9.59 Å². The predicted octanol–water partition coefficient (Wildman–Crippen LogP) is 1.76. The number of hydrogen-bond acceptors (Lipinski definition) is 3. The molecular weight excluding hydrogens is 254 g/mol. The molecule has 2 amide bonds. The first-order valence-corrected chi connectivity index (χ1v) is 6.20. The van der Waals surface area contributed by atoms with Crippen LogP contribution in [0.4, 0.5) is 5.69 Å². The zero-order valence-electron chi connectivity index (χ0n) is 11.1. The number of anilines is 1. The average molecular weight is 269 g/mol. The second-order valence-corrected chi connectivity index (χ2v) is 4.29. The molecule has 5 nitrogen and oxygen atoms in total. The Hall–Kier alpha value is -2.69. The Morgan fingerprint density at radius 1 is 1.15 bits per heavy atom. The largest absolute Gasteiger partial charge is 0.343 e. The highest BCUT2D eigenvalue weighted by molar-refractivity contribution is 5.99. The number of rotatable bonds is 4. The van der Waals surface area contributed by atoms with Crippen molar-refractivity contribution in [2.45, 2.75) is 6.92 Å². The van der Waals surface area contributed by atoms with Crippen molar-refractivity contribution in [1.29, 1.82) is 0 Å². The summed E-state index contributed by atoms with van der Waals surface area (Å²) in [5.74, 6) is -0.552. The van der Waals surface area contributed by atoms with Crippen molar-refractivity contribution in [1.82, 2.24) is 10.3 Å². The van der Waals surface area contributed by atoms with Crippen LogP contribution in [0.3, 0.4) is 0 Å². The van der Waals surface area contributed by atoms with Crippen molar-refractivity contribution in [2.75, 3.05) is 11.9 Å². The van der Waals surface area contributed by atoms with Crippen LogP contribution < -0.4 is 10.6 Å². The van der Waals surface area contributed by atoms with Crippen molar-refractivity contribution in [3.8, 4) is 0 Å². The van der Waals surface area contributed by atoms with Gasteiger partial charge >= 0.3 is 0 Å². The zero-order chi connectivity index (χ0) is 14.4. The molecule has 102 valence electrons. The van der Waals surface area contributed by atoms with Crippen LogP contribution in [0.1, 0.15) is 15.9 Å². The van der Waals surface area contributed by atoms with Crippen LogP contribution in [0.15, 0.2) is 48.8 Å². The number of carbonyl (C=O) groups excluding carboxylic acids is 2. The highest BCUT2D eigenvalue weighted by Gasteiger charge is 2.09.